The number of nitrogens with one attached hydrogen (secondary N) is 1. The first-order valence-corrected chi connectivity index (χ1v) is 5.60. The number of anilines is 1. The Balaban J connectivity index is 2.20. The van der Waals surface area contributed by atoms with E-state index in [1.165, 1.54) is 0 Å². The third kappa shape index (κ3) is 2.15. The fourth-order valence-corrected chi connectivity index (χ4v) is 2.10. The summed E-state index contributed by atoms with van der Waals surface area (Å²) < 4.78 is 0. The lowest BCUT2D eigenvalue weighted by atomic mass is 10.1. The maximum absolute atomic E-state index is 8.99. The van der Waals surface area contributed by atoms with Gasteiger partial charge in [-0.3, -0.25) is 0 Å². The molecule has 84 valence electrons. The molecule has 16 heavy (non-hydrogen) atoms. The molecule has 2 unspecified atom stereocenters. The highest BCUT2D eigenvalue weighted by molar-refractivity contribution is 5.53. The summed E-state index contributed by atoms with van der Waals surface area (Å²) in [5, 5.41) is 12.3. The highest BCUT2D eigenvalue weighted by Crippen LogP contribution is 2.22. The van der Waals surface area contributed by atoms with Crippen molar-refractivity contribution in [1.82, 2.24) is 4.98 Å². The Morgan fingerprint density at radius 3 is 2.94 bits per heavy atom. The van der Waals surface area contributed by atoms with Crippen LogP contribution in [0.5, 0.6) is 0 Å². The molecule has 3 N–H and O–H groups in total. The molecule has 1 aliphatic carbocycles. The maximum atomic E-state index is 8.99. The number of hydrogen-bond acceptors (Lipinski definition) is 4. The van der Waals surface area contributed by atoms with E-state index in [4.69, 9.17) is 11.0 Å². The molecule has 0 spiro atoms. The largest absolute Gasteiger partial charge is 0.365 e. The van der Waals surface area contributed by atoms with Crippen molar-refractivity contribution in [1.29, 1.82) is 5.26 Å². The molecule has 1 saturated carbocycles. The van der Waals surface area contributed by atoms with Crippen LogP contribution >= 0.6 is 0 Å². The Hall–Kier alpha value is -1.60. The smallest absolute Gasteiger partial charge is 0.144 e. The summed E-state index contributed by atoms with van der Waals surface area (Å²) in [4.78, 5) is 4.35. The molecular weight excluding hydrogens is 200 g/mol. The van der Waals surface area contributed by atoms with E-state index in [9.17, 15) is 0 Å². The first-order valence-electron chi connectivity index (χ1n) is 5.60. The molecule has 0 aliphatic heterocycles. The summed E-state index contributed by atoms with van der Waals surface area (Å²) in [6, 6.07) is 6.21. The Morgan fingerprint density at radius 1 is 1.50 bits per heavy atom. The van der Waals surface area contributed by atoms with Gasteiger partial charge in [-0.2, -0.15) is 5.26 Å². The number of aromatic nitrogens is 1. The monoisotopic (exact) mass is 216 g/mol. The molecule has 1 aliphatic rings. The molecule has 1 aromatic heterocycles. The average Bonchev–Trinajstić information content (AvgIpc) is 2.65. The highest BCUT2D eigenvalue weighted by atomic mass is 15.0. The number of rotatable bonds is 2. The normalized spacial score (nSPS) is 24.1. The van der Waals surface area contributed by atoms with E-state index < -0.39 is 0 Å². The van der Waals surface area contributed by atoms with Gasteiger partial charge in [0.05, 0.1) is 5.56 Å². The van der Waals surface area contributed by atoms with Crippen LogP contribution in [0.4, 0.5) is 5.82 Å². The van der Waals surface area contributed by atoms with Gasteiger partial charge in [-0.25, -0.2) is 4.98 Å². The lowest BCUT2D eigenvalue weighted by molar-refractivity contribution is 0.635. The Morgan fingerprint density at radius 2 is 2.31 bits per heavy atom. The minimum atomic E-state index is 0.175. The van der Waals surface area contributed by atoms with Crippen molar-refractivity contribution in [3.63, 3.8) is 0 Å². The molecule has 4 heteroatoms. The van der Waals surface area contributed by atoms with Crippen LogP contribution in [0.1, 0.15) is 30.5 Å². The lowest BCUT2D eigenvalue weighted by Gasteiger charge is -2.18. The van der Waals surface area contributed by atoms with Gasteiger partial charge < -0.3 is 11.1 Å². The lowest BCUT2D eigenvalue weighted by Crippen LogP contribution is -2.35. The summed E-state index contributed by atoms with van der Waals surface area (Å²) in [7, 11) is 0. The second-order valence-electron chi connectivity index (χ2n) is 4.31. The molecule has 4 nitrogen and oxygen atoms in total. The second-order valence-corrected chi connectivity index (χ2v) is 4.31. The van der Waals surface area contributed by atoms with Gasteiger partial charge >= 0.3 is 0 Å². The average molecular weight is 216 g/mol. The number of pyridine rings is 1. The topological polar surface area (TPSA) is 74.7 Å². The number of nitriles is 1. The second kappa shape index (κ2) is 4.50. The number of nitrogens with zero attached hydrogens (tertiary/aromatic N) is 2. The van der Waals surface area contributed by atoms with Crippen LogP contribution in [0.25, 0.3) is 0 Å². The minimum Gasteiger partial charge on any atom is -0.365 e. The fraction of sp³-hybridized carbons (Fsp3) is 0.500. The molecule has 0 aromatic carbocycles. The third-order valence-electron chi connectivity index (χ3n) is 3.05. The first-order chi connectivity index (χ1) is 7.70. The zero-order valence-corrected chi connectivity index (χ0v) is 9.40. The number of aryl methyl sites for hydroxylation is 1. The molecular formula is C12H16N4. The van der Waals surface area contributed by atoms with Gasteiger partial charge in [-0.15, -0.1) is 0 Å². The van der Waals surface area contributed by atoms with Crippen molar-refractivity contribution in [2.45, 2.75) is 38.3 Å². The zero-order valence-electron chi connectivity index (χ0n) is 9.40. The first kappa shape index (κ1) is 10.9. The van der Waals surface area contributed by atoms with E-state index in [1.807, 2.05) is 13.0 Å². The molecule has 1 fully saturated rings. The SMILES string of the molecule is Cc1ccc(C#N)c(NC2CCCC2N)n1. The third-order valence-corrected chi connectivity index (χ3v) is 3.05. The quantitative estimate of drug-likeness (QED) is 0.786. The van der Waals surface area contributed by atoms with Crippen LogP contribution < -0.4 is 11.1 Å². The summed E-state index contributed by atoms with van der Waals surface area (Å²) in [5.41, 5.74) is 7.48. The van der Waals surface area contributed by atoms with Gasteiger partial charge in [0, 0.05) is 17.8 Å². The van der Waals surface area contributed by atoms with Crippen LogP contribution in [-0.4, -0.2) is 17.1 Å². The molecule has 0 bridgehead atoms. The summed E-state index contributed by atoms with van der Waals surface area (Å²) in [6.45, 7) is 1.92. The van der Waals surface area contributed by atoms with E-state index >= 15 is 0 Å². The summed E-state index contributed by atoms with van der Waals surface area (Å²) in [5.74, 6) is 0.671. The molecule has 0 saturated heterocycles. The zero-order chi connectivity index (χ0) is 11.5. The predicted molar refractivity (Wildman–Crippen MR) is 62.9 cm³/mol. The van der Waals surface area contributed by atoms with Gasteiger partial charge in [0.2, 0.25) is 0 Å². The Bertz CT molecular complexity index is 422. The molecule has 0 radical (unpaired) electrons. The van der Waals surface area contributed by atoms with Gasteiger partial charge in [0.25, 0.3) is 0 Å². The molecule has 0 amide bonds. The van der Waals surface area contributed by atoms with Crippen LogP contribution in [-0.2, 0) is 0 Å². The minimum absolute atomic E-state index is 0.175. The molecule has 1 aromatic rings. The van der Waals surface area contributed by atoms with Gasteiger partial charge in [-0.1, -0.05) is 0 Å². The van der Waals surface area contributed by atoms with Crippen molar-refractivity contribution in [2.24, 2.45) is 5.73 Å². The van der Waals surface area contributed by atoms with Crippen molar-refractivity contribution in [3.8, 4) is 6.07 Å². The Labute approximate surface area is 95.5 Å². The maximum Gasteiger partial charge on any atom is 0.144 e. The molecule has 1 heterocycles. The highest BCUT2D eigenvalue weighted by Gasteiger charge is 2.24. The summed E-state index contributed by atoms with van der Waals surface area (Å²) >= 11 is 0. The molecule has 2 atom stereocenters. The Kier molecular flexibility index (Phi) is 3.07. The van der Waals surface area contributed by atoms with Crippen LogP contribution in [0.15, 0.2) is 12.1 Å². The van der Waals surface area contributed by atoms with Crippen molar-refractivity contribution in [2.75, 3.05) is 5.32 Å². The van der Waals surface area contributed by atoms with E-state index in [2.05, 4.69) is 16.4 Å². The van der Waals surface area contributed by atoms with Crippen molar-refractivity contribution < 1.29 is 0 Å². The van der Waals surface area contributed by atoms with Crippen LogP contribution in [0.3, 0.4) is 0 Å². The van der Waals surface area contributed by atoms with Crippen molar-refractivity contribution in [3.05, 3.63) is 23.4 Å². The number of nitrogens with two attached hydrogens (primary N) is 1. The van der Waals surface area contributed by atoms with Crippen LogP contribution in [0, 0.1) is 18.3 Å². The van der Waals surface area contributed by atoms with E-state index in [0.717, 1.165) is 25.0 Å². The van der Waals surface area contributed by atoms with E-state index in [0.29, 0.717) is 11.4 Å². The van der Waals surface area contributed by atoms with Gasteiger partial charge in [-0.05, 0) is 38.3 Å². The predicted octanol–water partition coefficient (Wildman–Crippen LogP) is 1.55. The standard InChI is InChI=1S/C12H16N4/c1-8-5-6-9(7-13)12(15-8)16-11-4-2-3-10(11)14/h5-6,10-11H,2-4,14H2,1H3,(H,15,16). The summed E-state index contributed by atoms with van der Waals surface area (Å²) in [6.07, 6.45) is 3.25. The van der Waals surface area contributed by atoms with Crippen LogP contribution in [0.2, 0.25) is 0 Å². The van der Waals surface area contributed by atoms with Crippen molar-refractivity contribution >= 4 is 5.82 Å². The van der Waals surface area contributed by atoms with Gasteiger partial charge in [0.15, 0.2) is 0 Å². The fourth-order valence-electron chi connectivity index (χ4n) is 2.10. The number of hydrogen-bond donors (Lipinski definition) is 2. The van der Waals surface area contributed by atoms with Gasteiger partial charge in [0.1, 0.15) is 11.9 Å². The van der Waals surface area contributed by atoms with E-state index in [-0.39, 0.29) is 12.1 Å². The molecule has 2 rings (SSSR count). The van der Waals surface area contributed by atoms with E-state index in [1.54, 1.807) is 6.07 Å².